The summed E-state index contributed by atoms with van der Waals surface area (Å²) in [6, 6.07) is 16.9. The van der Waals surface area contributed by atoms with Gasteiger partial charge >= 0.3 is 0 Å². The van der Waals surface area contributed by atoms with Gasteiger partial charge in [-0.15, -0.1) is 0 Å². The van der Waals surface area contributed by atoms with E-state index in [0.29, 0.717) is 11.2 Å². The van der Waals surface area contributed by atoms with Gasteiger partial charge in [0.05, 0.1) is 30.6 Å². The number of para-hydroxylation sites is 2. The molecule has 2 atom stereocenters. The third kappa shape index (κ3) is 3.81. The maximum Gasteiger partial charge on any atom is 0.174 e. The minimum absolute atomic E-state index is 0.0106. The number of anilines is 1. The van der Waals surface area contributed by atoms with Gasteiger partial charge < -0.3 is 19.5 Å². The molecule has 1 aliphatic carbocycles. The van der Waals surface area contributed by atoms with Crippen molar-refractivity contribution in [2.45, 2.75) is 50.2 Å². The van der Waals surface area contributed by atoms with Crippen molar-refractivity contribution in [2.75, 3.05) is 12.0 Å². The maximum atomic E-state index is 5.84. The molecule has 0 amide bonds. The van der Waals surface area contributed by atoms with E-state index in [1.54, 1.807) is 7.11 Å². The number of methoxy groups -OCH3 is 1. The summed E-state index contributed by atoms with van der Waals surface area (Å²) < 4.78 is 8.09. The molecule has 6 heteroatoms. The molecule has 0 radical (unpaired) electrons. The molecule has 2 fully saturated rings. The molecule has 0 unspecified atom stereocenters. The van der Waals surface area contributed by atoms with E-state index >= 15 is 0 Å². The lowest BCUT2D eigenvalue weighted by Gasteiger charge is -2.28. The zero-order valence-corrected chi connectivity index (χ0v) is 18.6. The van der Waals surface area contributed by atoms with Crippen LogP contribution in [0.25, 0.3) is 0 Å². The number of hydrogen-bond donors (Lipinski definition) is 1. The Labute approximate surface area is 189 Å². The summed E-state index contributed by atoms with van der Waals surface area (Å²) in [4.78, 5) is 6.84. The van der Waals surface area contributed by atoms with E-state index in [0.717, 1.165) is 17.1 Å². The van der Waals surface area contributed by atoms with Gasteiger partial charge in [0.25, 0.3) is 0 Å². The predicted octanol–water partition coefficient (Wildman–Crippen LogP) is 5.57. The van der Waals surface area contributed by atoms with Crippen LogP contribution < -0.4 is 15.0 Å². The molecule has 1 N–H and O–H groups in total. The van der Waals surface area contributed by atoms with Crippen molar-refractivity contribution in [1.82, 2.24) is 14.9 Å². The fourth-order valence-corrected chi connectivity index (χ4v) is 5.33. The van der Waals surface area contributed by atoms with Crippen LogP contribution >= 0.6 is 12.2 Å². The predicted molar refractivity (Wildman–Crippen MR) is 127 cm³/mol. The molecule has 3 heterocycles. The average molecular weight is 433 g/mol. The van der Waals surface area contributed by atoms with E-state index in [1.807, 2.05) is 36.5 Å². The van der Waals surface area contributed by atoms with E-state index in [2.05, 4.69) is 50.4 Å². The standard InChI is InChI=1S/C25H28N4OS/c1-30-22-13-6-5-12-21(22)29-24(23(27-25(29)31)20-11-7-8-15-26-20)18-14-16-28(17-18)19-9-3-2-4-10-19/h5-8,11-17,19,23-24H,2-4,9-10H2,1H3,(H,27,31)/t23-,24+/m0/s1. The lowest BCUT2D eigenvalue weighted by atomic mass is 9.95. The Morgan fingerprint density at radius 3 is 2.61 bits per heavy atom. The molecule has 5 rings (SSSR count). The van der Waals surface area contributed by atoms with Crippen molar-refractivity contribution in [3.8, 4) is 5.75 Å². The summed E-state index contributed by atoms with van der Waals surface area (Å²) in [6.07, 6.45) is 12.9. The second-order valence-corrected chi connectivity index (χ2v) is 8.74. The number of hydrogen-bond acceptors (Lipinski definition) is 3. The largest absolute Gasteiger partial charge is 0.495 e. The molecule has 0 bridgehead atoms. The monoisotopic (exact) mass is 432 g/mol. The van der Waals surface area contributed by atoms with Gasteiger partial charge in [0, 0.05) is 24.6 Å². The number of aromatic nitrogens is 2. The van der Waals surface area contributed by atoms with Crippen LogP contribution in [0.3, 0.4) is 0 Å². The summed E-state index contributed by atoms with van der Waals surface area (Å²) in [5.41, 5.74) is 3.19. The van der Waals surface area contributed by atoms with E-state index in [4.69, 9.17) is 17.0 Å². The molecule has 0 spiro atoms. The van der Waals surface area contributed by atoms with Crippen molar-refractivity contribution < 1.29 is 4.74 Å². The second-order valence-electron chi connectivity index (χ2n) is 8.35. The summed E-state index contributed by atoms with van der Waals surface area (Å²) in [6.45, 7) is 0. The van der Waals surface area contributed by atoms with Crippen molar-refractivity contribution >= 4 is 23.0 Å². The Morgan fingerprint density at radius 1 is 1.03 bits per heavy atom. The number of nitrogens with zero attached hydrogens (tertiary/aromatic N) is 3. The summed E-state index contributed by atoms with van der Waals surface area (Å²) >= 11 is 5.84. The van der Waals surface area contributed by atoms with Gasteiger partial charge in [0.1, 0.15) is 5.75 Å². The highest BCUT2D eigenvalue weighted by Gasteiger charge is 2.42. The van der Waals surface area contributed by atoms with Crippen LogP contribution in [0.2, 0.25) is 0 Å². The van der Waals surface area contributed by atoms with Crippen molar-refractivity contribution in [3.05, 3.63) is 78.4 Å². The fourth-order valence-electron chi connectivity index (χ4n) is 4.99. The van der Waals surface area contributed by atoms with Gasteiger partial charge in [-0.2, -0.15) is 0 Å². The molecule has 2 aliphatic rings. The number of nitrogens with one attached hydrogen (secondary N) is 1. The van der Waals surface area contributed by atoms with Gasteiger partial charge in [-0.25, -0.2) is 0 Å². The van der Waals surface area contributed by atoms with Crippen LogP contribution in [-0.2, 0) is 0 Å². The highest BCUT2D eigenvalue weighted by Crippen LogP contribution is 2.44. The second kappa shape index (κ2) is 8.71. The molecular formula is C25H28N4OS. The number of pyridine rings is 1. The third-order valence-corrected chi connectivity index (χ3v) is 6.83. The Hall–Kier alpha value is -2.86. The van der Waals surface area contributed by atoms with Gasteiger partial charge in [-0.1, -0.05) is 37.5 Å². The van der Waals surface area contributed by atoms with Crippen LogP contribution in [-0.4, -0.2) is 21.8 Å². The van der Waals surface area contributed by atoms with E-state index < -0.39 is 0 Å². The molecular weight excluding hydrogens is 404 g/mol. The van der Waals surface area contributed by atoms with E-state index in [9.17, 15) is 0 Å². The van der Waals surface area contributed by atoms with Gasteiger partial charge in [0.15, 0.2) is 5.11 Å². The number of benzene rings is 1. The molecule has 160 valence electrons. The van der Waals surface area contributed by atoms with Crippen LogP contribution in [0.4, 0.5) is 5.69 Å². The maximum absolute atomic E-state index is 5.84. The first kappa shape index (κ1) is 20.1. The number of thiocarbonyl (C=S) groups is 1. The summed E-state index contributed by atoms with van der Waals surface area (Å²) in [7, 11) is 1.70. The summed E-state index contributed by atoms with van der Waals surface area (Å²) in [5.74, 6) is 0.810. The fraction of sp³-hybridized carbons (Fsp3) is 0.360. The van der Waals surface area contributed by atoms with Crippen molar-refractivity contribution in [3.63, 3.8) is 0 Å². The average Bonchev–Trinajstić information content (AvgIpc) is 3.45. The molecule has 1 saturated heterocycles. The smallest absolute Gasteiger partial charge is 0.174 e. The van der Waals surface area contributed by atoms with Crippen molar-refractivity contribution in [2.24, 2.45) is 0 Å². The molecule has 5 nitrogen and oxygen atoms in total. The van der Waals surface area contributed by atoms with E-state index in [-0.39, 0.29) is 12.1 Å². The SMILES string of the molecule is COc1ccccc1N1C(=S)N[C@@H](c2ccccn2)[C@H]1c1ccn(C2CCCCC2)c1. The quantitative estimate of drug-likeness (QED) is 0.534. The van der Waals surface area contributed by atoms with E-state index in [1.165, 1.54) is 37.7 Å². The molecule has 1 aliphatic heterocycles. The Balaban J connectivity index is 1.57. The lowest BCUT2D eigenvalue weighted by Crippen LogP contribution is -2.29. The highest BCUT2D eigenvalue weighted by atomic mass is 32.1. The molecule has 1 aromatic carbocycles. The molecule has 1 saturated carbocycles. The van der Waals surface area contributed by atoms with Gasteiger partial charge in [-0.3, -0.25) is 4.98 Å². The van der Waals surface area contributed by atoms with Gasteiger partial charge in [0.2, 0.25) is 0 Å². The normalized spacial score (nSPS) is 21.8. The van der Waals surface area contributed by atoms with Crippen LogP contribution in [0.15, 0.2) is 67.1 Å². The first-order chi connectivity index (χ1) is 15.3. The van der Waals surface area contributed by atoms with Crippen molar-refractivity contribution in [1.29, 1.82) is 0 Å². The first-order valence-corrected chi connectivity index (χ1v) is 11.5. The Morgan fingerprint density at radius 2 is 1.84 bits per heavy atom. The third-order valence-electron chi connectivity index (χ3n) is 6.52. The Kier molecular flexibility index (Phi) is 5.64. The molecule has 3 aromatic rings. The minimum atomic E-state index is -0.0409. The molecule has 2 aromatic heterocycles. The van der Waals surface area contributed by atoms with Crippen LogP contribution in [0.5, 0.6) is 5.75 Å². The minimum Gasteiger partial charge on any atom is -0.495 e. The van der Waals surface area contributed by atoms with Crippen LogP contribution in [0.1, 0.15) is 61.5 Å². The first-order valence-electron chi connectivity index (χ1n) is 11.1. The topological polar surface area (TPSA) is 42.3 Å². The summed E-state index contributed by atoms with van der Waals surface area (Å²) in [5, 5.41) is 4.23. The molecule has 31 heavy (non-hydrogen) atoms. The van der Waals surface area contributed by atoms with Crippen LogP contribution in [0, 0.1) is 0 Å². The number of ether oxygens (including phenoxy) is 1. The Bertz CT molecular complexity index is 1040. The zero-order chi connectivity index (χ0) is 21.2. The zero-order valence-electron chi connectivity index (χ0n) is 17.8. The number of rotatable bonds is 5. The highest BCUT2D eigenvalue weighted by molar-refractivity contribution is 7.80. The lowest BCUT2D eigenvalue weighted by molar-refractivity contribution is 0.353. The van der Waals surface area contributed by atoms with Gasteiger partial charge in [-0.05, 0) is 61.0 Å².